The van der Waals surface area contributed by atoms with Gasteiger partial charge in [-0.2, -0.15) is 0 Å². The number of nitrogens with one attached hydrogen (secondary N) is 1. The molecule has 0 radical (unpaired) electrons. The first-order valence-electron chi connectivity index (χ1n) is 9.94. The number of carbonyl (C=O) groups is 1. The number of pyridine rings is 1. The molecule has 0 aromatic carbocycles. The molecule has 1 unspecified atom stereocenters. The van der Waals surface area contributed by atoms with Gasteiger partial charge in [0.15, 0.2) is 5.96 Å². The van der Waals surface area contributed by atoms with Crippen LogP contribution in [-0.2, 0) is 16.1 Å². The first-order chi connectivity index (χ1) is 13.1. The highest BCUT2D eigenvalue weighted by atomic mass is 16.5. The summed E-state index contributed by atoms with van der Waals surface area (Å²) in [5.74, 6) is 1.64. The molecular weight excluding hydrogens is 342 g/mol. The zero-order valence-electron chi connectivity index (χ0n) is 17.1. The number of likely N-dealkylation sites (tertiary alicyclic amines) is 1. The Kier molecular flexibility index (Phi) is 8.36. The second-order valence-electron chi connectivity index (χ2n) is 6.63. The standard InChI is InChI=1S/C20H33N5O2/c1-5-24(6-2)18-11-10-16(13-22-18)14-23-20(21-4)25-12-8-9-17(15-25)19(26)27-7-3/h10-11,13,17H,5-9,12,14-15H2,1-4H3,(H,21,23). The lowest BCUT2D eigenvalue weighted by molar-refractivity contribution is -0.149. The Bertz CT molecular complexity index is 613. The molecule has 150 valence electrons. The van der Waals surface area contributed by atoms with Crippen LogP contribution >= 0.6 is 0 Å². The summed E-state index contributed by atoms with van der Waals surface area (Å²) in [4.78, 5) is 25.4. The van der Waals surface area contributed by atoms with Gasteiger partial charge in [-0.15, -0.1) is 0 Å². The van der Waals surface area contributed by atoms with Gasteiger partial charge in [-0.3, -0.25) is 9.79 Å². The van der Waals surface area contributed by atoms with Crippen LogP contribution < -0.4 is 10.2 Å². The average Bonchev–Trinajstić information content (AvgIpc) is 2.71. The van der Waals surface area contributed by atoms with Crippen molar-refractivity contribution in [3.63, 3.8) is 0 Å². The van der Waals surface area contributed by atoms with Gasteiger partial charge in [-0.25, -0.2) is 4.98 Å². The first kappa shape index (κ1) is 21.0. The zero-order valence-corrected chi connectivity index (χ0v) is 17.1. The van der Waals surface area contributed by atoms with Crippen LogP contribution in [0.2, 0.25) is 0 Å². The molecule has 1 atom stereocenters. The fraction of sp³-hybridized carbons (Fsp3) is 0.650. The fourth-order valence-corrected chi connectivity index (χ4v) is 3.39. The largest absolute Gasteiger partial charge is 0.466 e. The summed E-state index contributed by atoms with van der Waals surface area (Å²) in [6.07, 6.45) is 3.75. The quantitative estimate of drug-likeness (QED) is 0.448. The SMILES string of the molecule is CCOC(=O)C1CCCN(C(=NC)NCc2ccc(N(CC)CC)nc2)C1. The molecule has 1 aliphatic heterocycles. The number of carbonyl (C=O) groups excluding carboxylic acids is 1. The molecule has 0 amide bonds. The molecule has 1 saturated heterocycles. The van der Waals surface area contributed by atoms with Crippen molar-refractivity contribution in [2.24, 2.45) is 10.9 Å². The smallest absolute Gasteiger partial charge is 0.310 e. The van der Waals surface area contributed by atoms with Crippen LogP contribution in [0.1, 0.15) is 39.2 Å². The topological polar surface area (TPSA) is 70.1 Å². The summed E-state index contributed by atoms with van der Waals surface area (Å²) in [7, 11) is 1.78. The second kappa shape index (κ2) is 10.7. The molecule has 2 heterocycles. The van der Waals surface area contributed by atoms with E-state index in [1.54, 1.807) is 7.05 Å². The lowest BCUT2D eigenvalue weighted by Crippen LogP contribution is -2.48. The van der Waals surface area contributed by atoms with E-state index in [2.05, 4.69) is 51.1 Å². The summed E-state index contributed by atoms with van der Waals surface area (Å²) < 4.78 is 5.18. The van der Waals surface area contributed by atoms with E-state index in [0.29, 0.717) is 19.7 Å². The van der Waals surface area contributed by atoms with E-state index in [1.165, 1.54) is 0 Å². The number of hydrogen-bond donors (Lipinski definition) is 1. The number of aromatic nitrogens is 1. The monoisotopic (exact) mass is 375 g/mol. The van der Waals surface area contributed by atoms with E-state index < -0.39 is 0 Å². The maximum atomic E-state index is 12.0. The number of piperidine rings is 1. The van der Waals surface area contributed by atoms with Gasteiger partial charge < -0.3 is 19.9 Å². The van der Waals surface area contributed by atoms with Gasteiger partial charge in [0.1, 0.15) is 5.82 Å². The molecule has 0 spiro atoms. The highest BCUT2D eigenvalue weighted by Crippen LogP contribution is 2.18. The Balaban J connectivity index is 1.92. The summed E-state index contributed by atoms with van der Waals surface area (Å²) in [5, 5.41) is 3.39. The van der Waals surface area contributed by atoms with Crippen LogP contribution in [0.4, 0.5) is 5.82 Å². The molecule has 0 aliphatic carbocycles. The van der Waals surface area contributed by atoms with E-state index in [4.69, 9.17) is 4.74 Å². The molecule has 7 nitrogen and oxygen atoms in total. The van der Waals surface area contributed by atoms with E-state index in [0.717, 1.165) is 49.8 Å². The number of esters is 1. The average molecular weight is 376 g/mol. The fourth-order valence-electron chi connectivity index (χ4n) is 3.39. The molecule has 1 N–H and O–H groups in total. The van der Waals surface area contributed by atoms with Crippen molar-refractivity contribution < 1.29 is 9.53 Å². The Labute approximate surface area is 162 Å². The summed E-state index contributed by atoms with van der Waals surface area (Å²) >= 11 is 0. The summed E-state index contributed by atoms with van der Waals surface area (Å²) in [5.41, 5.74) is 1.10. The minimum absolute atomic E-state index is 0.0766. The van der Waals surface area contributed by atoms with Gasteiger partial charge in [-0.1, -0.05) is 6.07 Å². The van der Waals surface area contributed by atoms with Crippen molar-refractivity contribution >= 4 is 17.7 Å². The third-order valence-corrected chi connectivity index (χ3v) is 4.90. The Morgan fingerprint density at radius 2 is 2.15 bits per heavy atom. The third kappa shape index (κ3) is 5.84. The predicted octanol–water partition coefficient (Wildman–Crippen LogP) is 2.28. The van der Waals surface area contributed by atoms with Crippen LogP contribution in [0.3, 0.4) is 0 Å². The van der Waals surface area contributed by atoms with Crippen molar-refractivity contribution in [2.45, 2.75) is 40.2 Å². The molecule has 7 heteroatoms. The molecule has 1 aliphatic rings. The zero-order chi connectivity index (χ0) is 19.6. The Hall–Kier alpha value is -2.31. The normalized spacial score (nSPS) is 17.6. The van der Waals surface area contributed by atoms with Crippen LogP contribution in [0, 0.1) is 5.92 Å². The van der Waals surface area contributed by atoms with Crippen LogP contribution in [0.15, 0.2) is 23.3 Å². The van der Waals surface area contributed by atoms with Crippen molar-refractivity contribution in [1.29, 1.82) is 0 Å². The maximum Gasteiger partial charge on any atom is 0.310 e. The molecule has 0 bridgehead atoms. The maximum absolute atomic E-state index is 12.0. The van der Waals surface area contributed by atoms with Crippen LogP contribution in [-0.4, -0.2) is 61.6 Å². The van der Waals surface area contributed by atoms with Gasteiger partial charge >= 0.3 is 5.97 Å². The highest BCUT2D eigenvalue weighted by molar-refractivity contribution is 5.81. The molecule has 1 aromatic rings. The highest BCUT2D eigenvalue weighted by Gasteiger charge is 2.28. The van der Waals surface area contributed by atoms with Crippen molar-refractivity contribution in [3.05, 3.63) is 23.9 Å². The minimum atomic E-state index is -0.103. The number of rotatable bonds is 7. The molecule has 2 rings (SSSR count). The van der Waals surface area contributed by atoms with E-state index >= 15 is 0 Å². The van der Waals surface area contributed by atoms with Crippen LogP contribution in [0.25, 0.3) is 0 Å². The number of guanidine groups is 1. The van der Waals surface area contributed by atoms with E-state index in [1.807, 2.05) is 13.1 Å². The van der Waals surface area contributed by atoms with Crippen molar-refractivity contribution in [2.75, 3.05) is 44.7 Å². The van der Waals surface area contributed by atoms with E-state index in [-0.39, 0.29) is 11.9 Å². The number of ether oxygens (including phenoxy) is 1. The van der Waals surface area contributed by atoms with Gasteiger partial charge in [-0.05, 0) is 45.2 Å². The van der Waals surface area contributed by atoms with E-state index in [9.17, 15) is 4.79 Å². The summed E-state index contributed by atoms with van der Waals surface area (Å²) in [6.45, 7) is 10.6. The lowest BCUT2D eigenvalue weighted by atomic mass is 9.98. The number of aliphatic imine (C=N–C) groups is 1. The van der Waals surface area contributed by atoms with Gasteiger partial charge in [0.25, 0.3) is 0 Å². The van der Waals surface area contributed by atoms with Crippen molar-refractivity contribution in [1.82, 2.24) is 15.2 Å². The van der Waals surface area contributed by atoms with Gasteiger partial charge in [0, 0.05) is 46.0 Å². The first-order valence-corrected chi connectivity index (χ1v) is 9.94. The van der Waals surface area contributed by atoms with Gasteiger partial charge in [0.05, 0.1) is 12.5 Å². The molecule has 1 fully saturated rings. The van der Waals surface area contributed by atoms with Crippen LogP contribution in [0.5, 0.6) is 0 Å². The van der Waals surface area contributed by atoms with Gasteiger partial charge in [0.2, 0.25) is 0 Å². The Morgan fingerprint density at radius 3 is 2.74 bits per heavy atom. The number of anilines is 1. The minimum Gasteiger partial charge on any atom is -0.466 e. The lowest BCUT2D eigenvalue weighted by Gasteiger charge is -2.34. The second-order valence-corrected chi connectivity index (χ2v) is 6.63. The third-order valence-electron chi connectivity index (χ3n) is 4.90. The molecule has 27 heavy (non-hydrogen) atoms. The van der Waals surface area contributed by atoms with Crippen molar-refractivity contribution in [3.8, 4) is 0 Å². The number of nitrogens with zero attached hydrogens (tertiary/aromatic N) is 4. The molecule has 0 saturated carbocycles. The Morgan fingerprint density at radius 1 is 1.37 bits per heavy atom. The molecular formula is C20H33N5O2. The molecule has 1 aromatic heterocycles. The summed E-state index contributed by atoms with van der Waals surface area (Å²) in [6, 6.07) is 4.16. The predicted molar refractivity (Wildman–Crippen MR) is 109 cm³/mol. The number of hydrogen-bond acceptors (Lipinski definition) is 5.